The zero-order valence-corrected chi connectivity index (χ0v) is 6.79. The molecule has 2 nitrogen and oxygen atoms in total. The monoisotopic (exact) mass is 152 g/mol. The van der Waals surface area contributed by atoms with Crippen LogP contribution in [-0.2, 0) is 0 Å². The van der Waals surface area contributed by atoms with Crippen LogP contribution in [0, 0.1) is 6.92 Å². The molecule has 2 heteroatoms. The van der Waals surface area contributed by atoms with Crippen LogP contribution >= 0.6 is 0 Å². The third-order valence-corrected chi connectivity index (χ3v) is 1.48. The van der Waals surface area contributed by atoms with E-state index in [9.17, 15) is 0 Å². The van der Waals surface area contributed by atoms with Gasteiger partial charge in [0, 0.05) is 0 Å². The van der Waals surface area contributed by atoms with Gasteiger partial charge < -0.3 is 9.84 Å². The fourth-order valence-corrected chi connectivity index (χ4v) is 0.884. The van der Waals surface area contributed by atoms with Crippen molar-refractivity contribution in [2.75, 3.05) is 6.61 Å². The van der Waals surface area contributed by atoms with Gasteiger partial charge in [-0.15, -0.1) is 0 Å². The van der Waals surface area contributed by atoms with Gasteiger partial charge in [0.25, 0.3) is 0 Å². The van der Waals surface area contributed by atoms with E-state index < -0.39 is 0 Å². The zero-order valence-electron chi connectivity index (χ0n) is 6.79. The molecule has 0 unspecified atom stereocenters. The van der Waals surface area contributed by atoms with E-state index in [1.54, 1.807) is 12.1 Å². The van der Waals surface area contributed by atoms with E-state index in [0.717, 1.165) is 11.3 Å². The fraction of sp³-hybridized carbons (Fsp3) is 0.333. The van der Waals surface area contributed by atoms with Gasteiger partial charge in [0.2, 0.25) is 0 Å². The van der Waals surface area contributed by atoms with Crippen molar-refractivity contribution in [3.63, 3.8) is 0 Å². The van der Waals surface area contributed by atoms with Crippen LogP contribution in [-0.4, -0.2) is 11.7 Å². The van der Waals surface area contributed by atoms with Gasteiger partial charge in [0.05, 0.1) is 6.61 Å². The van der Waals surface area contributed by atoms with E-state index in [0.29, 0.717) is 12.4 Å². The van der Waals surface area contributed by atoms with Crippen molar-refractivity contribution >= 4 is 0 Å². The van der Waals surface area contributed by atoms with Crippen molar-refractivity contribution in [2.45, 2.75) is 13.8 Å². The summed E-state index contributed by atoms with van der Waals surface area (Å²) in [6, 6.07) is 5.21. The lowest BCUT2D eigenvalue weighted by Crippen LogP contribution is -1.91. The van der Waals surface area contributed by atoms with Crippen LogP contribution in [0.3, 0.4) is 0 Å². The van der Waals surface area contributed by atoms with E-state index >= 15 is 0 Å². The van der Waals surface area contributed by atoms with E-state index in [-0.39, 0.29) is 0 Å². The van der Waals surface area contributed by atoms with Crippen molar-refractivity contribution in [1.29, 1.82) is 0 Å². The number of phenols is 1. The number of hydrogen-bond donors (Lipinski definition) is 1. The predicted octanol–water partition coefficient (Wildman–Crippen LogP) is 2.10. The molecule has 0 aliphatic heterocycles. The summed E-state index contributed by atoms with van der Waals surface area (Å²) in [4.78, 5) is 0. The lowest BCUT2D eigenvalue weighted by atomic mass is 10.2. The summed E-state index contributed by atoms with van der Waals surface area (Å²) in [5.41, 5.74) is 0.843. The van der Waals surface area contributed by atoms with E-state index in [1.807, 2.05) is 19.9 Å². The SMILES string of the molecule is CCOc1ccc(O)c(C)c1. The van der Waals surface area contributed by atoms with Crippen LogP contribution in [0.1, 0.15) is 12.5 Å². The molecule has 0 amide bonds. The molecule has 0 aromatic heterocycles. The largest absolute Gasteiger partial charge is 0.508 e. The molecule has 0 spiro atoms. The predicted molar refractivity (Wildman–Crippen MR) is 44.0 cm³/mol. The Kier molecular flexibility index (Phi) is 2.36. The van der Waals surface area contributed by atoms with Gasteiger partial charge in [-0.1, -0.05) is 0 Å². The van der Waals surface area contributed by atoms with Crippen molar-refractivity contribution in [3.8, 4) is 11.5 Å². The lowest BCUT2D eigenvalue weighted by Gasteiger charge is -2.04. The number of aromatic hydroxyl groups is 1. The second kappa shape index (κ2) is 3.28. The van der Waals surface area contributed by atoms with Crippen molar-refractivity contribution < 1.29 is 9.84 Å². The minimum absolute atomic E-state index is 0.313. The van der Waals surface area contributed by atoms with Crippen LogP contribution in [0.15, 0.2) is 18.2 Å². The first kappa shape index (κ1) is 7.92. The number of phenolic OH excluding ortho intramolecular Hbond substituents is 1. The minimum Gasteiger partial charge on any atom is -0.508 e. The molecule has 1 aromatic rings. The maximum atomic E-state index is 9.16. The van der Waals surface area contributed by atoms with Crippen LogP contribution < -0.4 is 4.74 Å². The van der Waals surface area contributed by atoms with Crippen LogP contribution in [0.2, 0.25) is 0 Å². The first-order valence-electron chi connectivity index (χ1n) is 3.66. The zero-order chi connectivity index (χ0) is 8.27. The molecule has 0 fully saturated rings. The highest BCUT2D eigenvalue weighted by Gasteiger charge is 1.96. The summed E-state index contributed by atoms with van der Waals surface area (Å²) in [6.45, 7) is 4.43. The molecule has 0 atom stereocenters. The summed E-state index contributed by atoms with van der Waals surface area (Å²) in [6.07, 6.45) is 0. The Bertz CT molecular complexity index is 243. The van der Waals surface area contributed by atoms with Gasteiger partial charge in [-0.3, -0.25) is 0 Å². The van der Waals surface area contributed by atoms with E-state index in [1.165, 1.54) is 0 Å². The van der Waals surface area contributed by atoms with Gasteiger partial charge in [-0.2, -0.15) is 0 Å². The van der Waals surface area contributed by atoms with Gasteiger partial charge in [-0.05, 0) is 37.6 Å². The van der Waals surface area contributed by atoms with Crippen molar-refractivity contribution in [3.05, 3.63) is 23.8 Å². The second-order valence-corrected chi connectivity index (χ2v) is 2.38. The molecule has 0 saturated carbocycles. The molecule has 0 bridgehead atoms. The highest BCUT2D eigenvalue weighted by molar-refractivity contribution is 5.38. The normalized spacial score (nSPS) is 9.64. The molecular weight excluding hydrogens is 140 g/mol. The average molecular weight is 152 g/mol. The van der Waals surface area contributed by atoms with Crippen LogP contribution in [0.25, 0.3) is 0 Å². The van der Waals surface area contributed by atoms with Gasteiger partial charge in [0.15, 0.2) is 0 Å². The number of rotatable bonds is 2. The van der Waals surface area contributed by atoms with E-state index in [2.05, 4.69) is 0 Å². The summed E-state index contributed by atoms with van der Waals surface area (Å²) in [5.74, 6) is 1.12. The van der Waals surface area contributed by atoms with Crippen molar-refractivity contribution in [2.24, 2.45) is 0 Å². The van der Waals surface area contributed by atoms with Gasteiger partial charge in [-0.25, -0.2) is 0 Å². The maximum Gasteiger partial charge on any atom is 0.119 e. The summed E-state index contributed by atoms with van der Waals surface area (Å²) in [7, 11) is 0. The second-order valence-electron chi connectivity index (χ2n) is 2.38. The summed E-state index contributed by atoms with van der Waals surface area (Å²) < 4.78 is 5.23. The van der Waals surface area contributed by atoms with Gasteiger partial charge >= 0.3 is 0 Å². The van der Waals surface area contributed by atoms with Gasteiger partial charge in [0.1, 0.15) is 11.5 Å². The molecule has 0 heterocycles. The first-order chi connectivity index (χ1) is 5.24. The standard InChI is InChI=1S/C9H12O2/c1-3-11-8-4-5-9(10)7(2)6-8/h4-6,10H,3H2,1-2H3. The number of benzene rings is 1. The average Bonchev–Trinajstić information content (AvgIpc) is 1.98. The summed E-state index contributed by atoms with van der Waals surface area (Å²) >= 11 is 0. The molecule has 1 aromatic carbocycles. The third-order valence-electron chi connectivity index (χ3n) is 1.48. The van der Waals surface area contributed by atoms with Crippen molar-refractivity contribution in [1.82, 2.24) is 0 Å². The smallest absolute Gasteiger partial charge is 0.119 e. The fourth-order valence-electron chi connectivity index (χ4n) is 0.884. The molecule has 60 valence electrons. The molecule has 0 aliphatic rings. The van der Waals surface area contributed by atoms with Crippen LogP contribution in [0.5, 0.6) is 11.5 Å². The Morgan fingerprint density at radius 2 is 2.18 bits per heavy atom. The molecule has 11 heavy (non-hydrogen) atoms. The molecule has 0 aliphatic carbocycles. The Hall–Kier alpha value is -1.18. The first-order valence-corrected chi connectivity index (χ1v) is 3.66. The Balaban J connectivity index is 2.86. The summed E-state index contributed by atoms with van der Waals surface area (Å²) in [5, 5.41) is 9.16. The van der Waals surface area contributed by atoms with E-state index in [4.69, 9.17) is 9.84 Å². The number of hydrogen-bond acceptors (Lipinski definition) is 2. The molecule has 1 N–H and O–H groups in total. The molecule has 0 saturated heterocycles. The van der Waals surface area contributed by atoms with Crippen LogP contribution in [0.4, 0.5) is 0 Å². The number of aryl methyl sites for hydroxylation is 1. The third kappa shape index (κ3) is 1.87. The Labute approximate surface area is 66.4 Å². The molecular formula is C9H12O2. The lowest BCUT2D eigenvalue weighted by molar-refractivity contribution is 0.339. The molecule has 0 radical (unpaired) electrons. The maximum absolute atomic E-state index is 9.16. The Morgan fingerprint density at radius 1 is 1.45 bits per heavy atom. The highest BCUT2D eigenvalue weighted by Crippen LogP contribution is 2.21. The highest BCUT2D eigenvalue weighted by atomic mass is 16.5. The number of ether oxygens (including phenoxy) is 1. The minimum atomic E-state index is 0.313. The Morgan fingerprint density at radius 3 is 2.73 bits per heavy atom. The topological polar surface area (TPSA) is 29.5 Å². The quantitative estimate of drug-likeness (QED) is 0.703. The molecule has 1 rings (SSSR count).